The Kier molecular flexibility index (Phi) is 8.33. The molecule has 2 aliphatic rings. The number of hydrogen-bond donors (Lipinski definition) is 0. The van der Waals surface area contributed by atoms with Crippen molar-refractivity contribution >= 4 is 55.7 Å². The third kappa shape index (κ3) is 5.77. The topological polar surface area (TPSA) is 6.48 Å². The van der Waals surface area contributed by atoms with Crippen LogP contribution in [-0.2, 0) is 10.8 Å². The second-order valence-corrected chi connectivity index (χ2v) is 17.6. The average molecular weight is 817 g/mol. The molecule has 6 heteroatoms. The summed E-state index contributed by atoms with van der Waals surface area (Å²) in [5.74, 6) is -1.31. The van der Waals surface area contributed by atoms with E-state index in [4.69, 9.17) is 0 Å². The van der Waals surface area contributed by atoms with Crippen molar-refractivity contribution in [2.75, 3.05) is 9.80 Å². The third-order valence-corrected chi connectivity index (χ3v) is 13.2. The number of rotatable bonds is 6. The van der Waals surface area contributed by atoms with Crippen LogP contribution in [0.5, 0.6) is 0 Å². The van der Waals surface area contributed by atoms with Crippen molar-refractivity contribution in [2.24, 2.45) is 0 Å². The SMILES string of the molecule is CC1(C)c2cc(N(c3ccc(F)cc3)c3ccc(F)cc3)ccc2-c2cc3c(cc21)-c1cc2cc(N(c4ccc(F)cc4)c4ccc(F)cc4)ccc2c2cccc(c12)C3(C)C. The van der Waals surface area contributed by atoms with Crippen LogP contribution in [-0.4, -0.2) is 0 Å². The molecule has 0 saturated heterocycles. The van der Waals surface area contributed by atoms with Crippen molar-refractivity contribution in [2.45, 2.75) is 38.5 Å². The predicted molar refractivity (Wildman–Crippen MR) is 246 cm³/mol. The number of nitrogens with zero attached hydrogens (tertiary/aromatic N) is 2. The normalized spacial score (nSPS) is 14.1. The van der Waals surface area contributed by atoms with Gasteiger partial charge in [0.2, 0.25) is 0 Å². The fourth-order valence-corrected chi connectivity index (χ4v) is 10.1. The predicted octanol–water partition coefficient (Wildman–Crippen LogP) is 16.1. The Morgan fingerprint density at radius 2 is 0.726 bits per heavy atom. The molecule has 0 unspecified atom stereocenters. The van der Waals surface area contributed by atoms with E-state index in [1.807, 2.05) is 9.80 Å². The summed E-state index contributed by atoms with van der Waals surface area (Å²) in [6, 6.07) is 52.2. The molecule has 62 heavy (non-hydrogen) atoms. The molecule has 0 fully saturated rings. The van der Waals surface area contributed by atoms with Crippen LogP contribution >= 0.6 is 0 Å². The zero-order chi connectivity index (χ0) is 42.7. The highest BCUT2D eigenvalue weighted by Gasteiger charge is 2.41. The summed E-state index contributed by atoms with van der Waals surface area (Å²) in [4.78, 5) is 4.06. The lowest BCUT2D eigenvalue weighted by Gasteiger charge is -2.37. The molecule has 0 heterocycles. The molecular weight excluding hydrogens is 777 g/mol. The summed E-state index contributed by atoms with van der Waals surface area (Å²) >= 11 is 0. The first-order valence-electron chi connectivity index (χ1n) is 20.8. The smallest absolute Gasteiger partial charge is 0.123 e. The molecule has 0 N–H and O–H groups in total. The van der Waals surface area contributed by atoms with Gasteiger partial charge >= 0.3 is 0 Å². The largest absolute Gasteiger partial charge is 0.310 e. The van der Waals surface area contributed by atoms with Gasteiger partial charge in [-0.3, -0.25) is 0 Å². The standard InChI is InChI=1S/C56H40F4N2/c1-55(2)50-7-5-6-46-44-26-24-42(61(38-16-8-34(57)9-17-38)39-18-10-35(58)11-19-39)28-33(44)29-49(54(46)50)48-32-52-47(31-53(48)55)45-27-25-43(30-51(45)56(52,3)4)62(40-20-12-36(59)13-21-40)41-22-14-37(60)15-23-41/h5-32H,1-4H3. The van der Waals surface area contributed by atoms with Gasteiger partial charge in [-0.25, -0.2) is 17.6 Å². The molecule has 0 saturated carbocycles. The van der Waals surface area contributed by atoms with Crippen LogP contribution in [0.4, 0.5) is 51.7 Å². The fraction of sp³-hybridized carbons (Fsp3) is 0.107. The van der Waals surface area contributed by atoms with E-state index in [1.165, 1.54) is 104 Å². The minimum atomic E-state index is -0.387. The summed E-state index contributed by atoms with van der Waals surface area (Å²) in [6.07, 6.45) is 0. The highest BCUT2D eigenvalue weighted by atomic mass is 19.1. The highest BCUT2D eigenvalue weighted by molar-refractivity contribution is 6.17. The second-order valence-electron chi connectivity index (χ2n) is 17.6. The highest BCUT2D eigenvalue weighted by Crippen LogP contribution is 2.57. The lowest BCUT2D eigenvalue weighted by Crippen LogP contribution is -2.24. The summed E-state index contributed by atoms with van der Waals surface area (Å²) in [5, 5.41) is 4.59. The van der Waals surface area contributed by atoms with E-state index in [2.05, 4.69) is 100 Å². The minimum Gasteiger partial charge on any atom is -0.310 e. The Balaban J connectivity index is 1.08. The molecule has 0 aliphatic heterocycles. The van der Waals surface area contributed by atoms with Gasteiger partial charge in [0.25, 0.3) is 0 Å². The average Bonchev–Trinajstić information content (AvgIpc) is 3.49. The first-order chi connectivity index (χ1) is 29.9. The summed E-state index contributed by atoms with van der Waals surface area (Å²) < 4.78 is 56.7. The van der Waals surface area contributed by atoms with Crippen molar-refractivity contribution in [1.29, 1.82) is 0 Å². The lowest BCUT2D eigenvalue weighted by atomic mass is 9.66. The summed E-state index contributed by atoms with van der Waals surface area (Å²) in [5.41, 5.74) is 13.7. The van der Waals surface area contributed by atoms with Crippen LogP contribution in [0.25, 0.3) is 43.8 Å². The molecule has 302 valence electrons. The zero-order valence-corrected chi connectivity index (χ0v) is 34.6. The van der Waals surface area contributed by atoms with Crippen molar-refractivity contribution in [1.82, 2.24) is 0 Å². The van der Waals surface area contributed by atoms with Crippen LogP contribution in [0, 0.1) is 23.3 Å². The van der Waals surface area contributed by atoms with Crippen LogP contribution in [0.1, 0.15) is 49.9 Å². The maximum absolute atomic E-state index is 14.2. The van der Waals surface area contributed by atoms with Gasteiger partial charge in [0, 0.05) is 45.0 Å². The molecule has 0 radical (unpaired) electrons. The molecule has 2 aliphatic carbocycles. The van der Waals surface area contributed by atoms with Gasteiger partial charge in [0.05, 0.1) is 0 Å². The van der Waals surface area contributed by atoms with Gasteiger partial charge in [0.1, 0.15) is 23.3 Å². The summed E-state index contributed by atoms with van der Waals surface area (Å²) in [6.45, 7) is 9.19. The molecule has 0 spiro atoms. The summed E-state index contributed by atoms with van der Waals surface area (Å²) in [7, 11) is 0. The van der Waals surface area contributed by atoms with Gasteiger partial charge in [0.15, 0.2) is 0 Å². The van der Waals surface area contributed by atoms with E-state index in [-0.39, 0.29) is 34.1 Å². The number of hydrogen-bond acceptors (Lipinski definition) is 2. The minimum absolute atomic E-state index is 0.318. The van der Waals surface area contributed by atoms with Crippen LogP contribution < -0.4 is 9.80 Å². The van der Waals surface area contributed by atoms with E-state index >= 15 is 0 Å². The molecule has 0 bridgehead atoms. The van der Waals surface area contributed by atoms with E-state index in [9.17, 15) is 17.6 Å². The maximum atomic E-state index is 14.2. The Hall–Kier alpha value is -7.18. The first kappa shape index (κ1) is 37.8. The van der Waals surface area contributed by atoms with Gasteiger partial charge in [-0.2, -0.15) is 0 Å². The van der Waals surface area contributed by atoms with E-state index in [1.54, 1.807) is 48.5 Å². The van der Waals surface area contributed by atoms with Crippen LogP contribution in [0.3, 0.4) is 0 Å². The maximum Gasteiger partial charge on any atom is 0.123 e. The molecule has 2 nitrogen and oxygen atoms in total. The van der Waals surface area contributed by atoms with Crippen molar-refractivity contribution in [3.63, 3.8) is 0 Å². The first-order valence-corrected chi connectivity index (χ1v) is 20.8. The molecule has 0 aromatic heterocycles. The zero-order valence-electron chi connectivity index (χ0n) is 34.6. The Labute approximate surface area is 357 Å². The second kappa shape index (κ2) is 13.7. The van der Waals surface area contributed by atoms with Gasteiger partial charge < -0.3 is 9.80 Å². The number of benzene rings is 9. The number of halogens is 4. The van der Waals surface area contributed by atoms with Gasteiger partial charge in [-0.1, -0.05) is 58.0 Å². The molecule has 9 aromatic rings. The van der Waals surface area contributed by atoms with Crippen molar-refractivity contribution in [3.8, 4) is 22.3 Å². The molecule has 11 rings (SSSR count). The fourth-order valence-electron chi connectivity index (χ4n) is 10.1. The Morgan fingerprint density at radius 3 is 1.23 bits per heavy atom. The Bertz CT molecular complexity index is 3170. The van der Waals surface area contributed by atoms with Crippen LogP contribution in [0.2, 0.25) is 0 Å². The van der Waals surface area contributed by atoms with E-state index < -0.39 is 0 Å². The van der Waals surface area contributed by atoms with E-state index in [0.29, 0.717) is 0 Å². The van der Waals surface area contributed by atoms with Gasteiger partial charge in [-0.05, 0) is 206 Å². The Morgan fingerprint density at radius 1 is 0.323 bits per heavy atom. The van der Waals surface area contributed by atoms with Crippen LogP contribution in [0.15, 0.2) is 170 Å². The third-order valence-electron chi connectivity index (χ3n) is 13.2. The number of fused-ring (bicyclic) bond motifs is 7. The molecule has 9 aromatic carbocycles. The van der Waals surface area contributed by atoms with E-state index in [0.717, 1.165) is 44.9 Å². The van der Waals surface area contributed by atoms with Gasteiger partial charge in [-0.15, -0.1) is 0 Å². The molecular formula is C56H40F4N2. The quantitative estimate of drug-likeness (QED) is 0.122. The molecule has 0 amide bonds. The lowest BCUT2D eigenvalue weighted by molar-refractivity contribution is 0.627. The number of anilines is 6. The molecule has 0 atom stereocenters. The van der Waals surface area contributed by atoms with Crippen molar-refractivity contribution in [3.05, 3.63) is 215 Å². The monoisotopic (exact) mass is 816 g/mol. The van der Waals surface area contributed by atoms with Crippen molar-refractivity contribution < 1.29 is 17.6 Å².